The fraction of sp³-hybridized carbons (Fsp3) is 0.714. The van der Waals surface area contributed by atoms with E-state index < -0.39 is 0 Å². The molecule has 0 spiro atoms. The van der Waals surface area contributed by atoms with Gasteiger partial charge >= 0.3 is 0 Å². The maximum absolute atomic E-state index is 12.9. The number of nitrogens with zero attached hydrogens (tertiary/aromatic N) is 4. The van der Waals surface area contributed by atoms with Gasteiger partial charge in [0.1, 0.15) is 5.82 Å². The number of piperazine rings is 1. The highest BCUT2D eigenvalue weighted by atomic mass is 16.5. The number of hydrogen-bond donors (Lipinski definition) is 1. The molecule has 3 rings (SSSR count). The van der Waals surface area contributed by atoms with Gasteiger partial charge in [-0.25, -0.2) is 4.98 Å². The Bertz CT molecular complexity index is 640. The molecule has 0 aliphatic carbocycles. The van der Waals surface area contributed by atoms with Gasteiger partial charge in [-0.05, 0) is 31.9 Å². The second kappa shape index (κ2) is 9.78. The summed E-state index contributed by atoms with van der Waals surface area (Å²) in [7, 11) is 0. The van der Waals surface area contributed by atoms with Gasteiger partial charge in [0.25, 0.3) is 0 Å². The summed E-state index contributed by atoms with van der Waals surface area (Å²) in [5, 5.41) is 9.22. The fourth-order valence-electron chi connectivity index (χ4n) is 4.37. The summed E-state index contributed by atoms with van der Waals surface area (Å²) in [4.78, 5) is 24.2. The number of carbonyl (C=O) groups is 1. The fourth-order valence-corrected chi connectivity index (χ4v) is 4.37. The highest BCUT2D eigenvalue weighted by Gasteiger charge is 2.42. The number of aromatic nitrogens is 1. The zero-order chi connectivity index (χ0) is 20.0. The molecule has 2 aliphatic rings. The molecule has 7 nitrogen and oxygen atoms in total. The minimum Gasteiger partial charge on any atom is -0.395 e. The summed E-state index contributed by atoms with van der Waals surface area (Å²) < 4.78 is 5.68. The van der Waals surface area contributed by atoms with E-state index in [2.05, 4.69) is 14.8 Å². The van der Waals surface area contributed by atoms with E-state index >= 15 is 0 Å². The third-order valence-electron chi connectivity index (χ3n) is 6.09. The largest absolute Gasteiger partial charge is 0.395 e. The van der Waals surface area contributed by atoms with E-state index in [0.29, 0.717) is 13.0 Å². The van der Waals surface area contributed by atoms with Gasteiger partial charge in [0, 0.05) is 70.1 Å². The van der Waals surface area contributed by atoms with Crippen LogP contribution in [0.3, 0.4) is 0 Å². The number of amides is 1. The molecule has 1 amide bonds. The lowest BCUT2D eigenvalue weighted by atomic mass is 9.86. The van der Waals surface area contributed by atoms with Crippen LogP contribution in [0, 0.1) is 6.92 Å². The Morgan fingerprint density at radius 2 is 1.96 bits per heavy atom. The van der Waals surface area contributed by atoms with Crippen molar-refractivity contribution >= 4 is 11.7 Å². The zero-order valence-electron chi connectivity index (χ0n) is 17.3. The molecule has 1 N–H and O–H groups in total. The van der Waals surface area contributed by atoms with Gasteiger partial charge < -0.3 is 9.84 Å². The first-order valence-corrected chi connectivity index (χ1v) is 10.5. The molecule has 2 aliphatic heterocycles. The Morgan fingerprint density at radius 1 is 1.25 bits per heavy atom. The van der Waals surface area contributed by atoms with E-state index in [1.165, 1.54) is 0 Å². The Kier molecular flexibility index (Phi) is 7.40. The van der Waals surface area contributed by atoms with Crippen molar-refractivity contribution in [3.63, 3.8) is 0 Å². The van der Waals surface area contributed by atoms with Crippen molar-refractivity contribution in [1.82, 2.24) is 14.8 Å². The number of aryl methyl sites for hydroxylation is 1. The molecule has 0 radical (unpaired) electrons. The van der Waals surface area contributed by atoms with Crippen LogP contribution in [-0.2, 0) is 9.53 Å². The number of ether oxygens (including phenoxy) is 1. The molecule has 0 saturated carbocycles. The van der Waals surface area contributed by atoms with Crippen molar-refractivity contribution in [1.29, 1.82) is 0 Å². The van der Waals surface area contributed by atoms with Gasteiger partial charge in [0.05, 0.1) is 6.61 Å². The van der Waals surface area contributed by atoms with Crippen LogP contribution in [0.15, 0.2) is 18.2 Å². The van der Waals surface area contributed by atoms with Crippen molar-refractivity contribution in [2.45, 2.75) is 38.6 Å². The number of hydrogen-bond acceptors (Lipinski definition) is 6. The van der Waals surface area contributed by atoms with Crippen molar-refractivity contribution in [3.8, 4) is 0 Å². The molecule has 0 atom stereocenters. The highest BCUT2D eigenvalue weighted by molar-refractivity contribution is 5.92. The molecule has 0 bridgehead atoms. The molecular weight excluding hydrogens is 356 g/mol. The summed E-state index contributed by atoms with van der Waals surface area (Å²) in [6.45, 7) is 10.7. The van der Waals surface area contributed by atoms with Crippen molar-refractivity contribution in [2.24, 2.45) is 0 Å². The number of aliphatic hydroxyl groups is 1. The first-order chi connectivity index (χ1) is 13.6. The summed E-state index contributed by atoms with van der Waals surface area (Å²) in [5.41, 5.74) is 0.838. The predicted octanol–water partition coefficient (Wildman–Crippen LogP) is 1.29. The summed E-state index contributed by atoms with van der Waals surface area (Å²) in [6, 6.07) is 5.87. The topological polar surface area (TPSA) is 69.1 Å². The predicted molar refractivity (Wildman–Crippen MR) is 110 cm³/mol. The summed E-state index contributed by atoms with van der Waals surface area (Å²) in [5.74, 6) is 0.861. The Hall–Kier alpha value is -1.54. The van der Waals surface area contributed by atoms with Crippen LogP contribution in [0.25, 0.3) is 0 Å². The number of anilines is 1. The normalized spacial score (nSPS) is 20.8. The zero-order valence-corrected chi connectivity index (χ0v) is 17.3. The van der Waals surface area contributed by atoms with Crippen LogP contribution >= 0.6 is 0 Å². The summed E-state index contributed by atoms with van der Waals surface area (Å²) >= 11 is 0. The van der Waals surface area contributed by atoms with Gasteiger partial charge in [-0.1, -0.05) is 13.0 Å². The number of aliphatic hydroxyl groups excluding tert-OH is 1. The number of rotatable bonds is 7. The SMILES string of the molecule is CCC(=O)N(CC1(N2CCN(CCO)CC2)CCOCC1)c1cccc(C)n1. The molecule has 2 fully saturated rings. The van der Waals surface area contributed by atoms with E-state index in [1.54, 1.807) is 0 Å². The standard InChI is InChI=1S/C21H34N4O3/c1-3-20(27)25(19-6-4-5-18(2)22-19)17-21(7-15-28-16-8-21)24-11-9-23(10-12-24)13-14-26/h4-6,26H,3,7-17H2,1-2H3. The molecule has 1 aromatic heterocycles. The molecule has 28 heavy (non-hydrogen) atoms. The average Bonchev–Trinajstić information content (AvgIpc) is 2.73. The lowest BCUT2D eigenvalue weighted by molar-refractivity contribution is -0.119. The number of pyridine rings is 1. The van der Waals surface area contributed by atoms with Crippen molar-refractivity contribution < 1.29 is 14.6 Å². The maximum Gasteiger partial charge on any atom is 0.227 e. The van der Waals surface area contributed by atoms with Crippen molar-refractivity contribution in [3.05, 3.63) is 23.9 Å². The minimum atomic E-state index is -0.0835. The molecule has 156 valence electrons. The average molecular weight is 391 g/mol. The summed E-state index contributed by atoms with van der Waals surface area (Å²) in [6.07, 6.45) is 2.31. The number of β-amino-alcohol motifs (C(OH)–C–C–N with tert-alkyl or cyclic N) is 1. The van der Waals surface area contributed by atoms with Crippen LogP contribution in [0.4, 0.5) is 5.82 Å². The van der Waals surface area contributed by atoms with Gasteiger partial charge in [0.15, 0.2) is 0 Å². The van der Waals surface area contributed by atoms with Crippen LogP contribution in [-0.4, -0.2) is 90.4 Å². The third kappa shape index (κ3) is 4.89. The number of carbonyl (C=O) groups excluding carboxylic acids is 1. The molecule has 0 unspecified atom stereocenters. The first-order valence-electron chi connectivity index (χ1n) is 10.5. The van der Waals surface area contributed by atoms with E-state index in [9.17, 15) is 9.90 Å². The molecule has 2 saturated heterocycles. The lowest BCUT2D eigenvalue weighted by Crippen LogP contribution is -2.63. The Labute approximate surface area is 168 Å². The van der Waals surface area contributed by atoms with Crippen LogP contribution in [0.2, 0.25) is 0 Å². The van der Waals surface area contributed by atoms with E-state index in [1.807, 2.05) is 36.9 Å². The molecule has 1 aromatic rings. The maximum atomic E-state index is 12.9. The second-order valence-electron chi connectivity index (χ2n) is 7.86. The quantitative estimate of drug-likeness (QED) is 0.757. The Morgan fingerprint density at radius 3 is 2.57 bits per heavy atom. The lowest BCUT2D eigenvalue weighted by Gasteiger charge is -2.51. The van der Waals surface area contributed by atoms with E-state index in [0.717, 1.165) is 70.3 Å². The van der Waals surface area contributed by atoms with Gasteiger partial charge in [-0.2, -0.15) is 0 Å². The van der Waals surface area contributed by atoms with E-state index in [4.69, 9.17) is 4.74 Å². The van der Waals surface area contributed by atoms with Crippen LogP contribution < -0.4 is 4.90 Å². The van der Waals surface area contributed by atoms with E-state index in [-0.39, 0.29) is 18.1 Å². The Balaban J connectivity index is 1.82. The first kappa shape index (κ1) is 21.2. The highest BCUT2D eigenvalue weighted by Crippen LogP contribution is 2.32. The van der Waals surface area contributed by atoms with Gasteiger partial charge in [-0.3, -0.25) is 19.5 Å². The monoisotopic (exact) mass is 390 g/mol. The minimum absolute atomic E-state index is 0.0835. The molecule has 7 heteroatoms. The van der Waals surface area contributed by atoms with Crippen LogP contribution in [0.1, 0.15) is 31.9 Å². The molecule has 3 heterocycles. The van der Waals surface area contributed by atoms with Crippen molar-refractivity contribution in [2.75, 3.05) is 64.0 Å². The van der Waals surface area contributed by atoms with Crippen LogP contribution in [0.5, 0.6) is 0 Å². The van der Waals surface area contributed by atoms with Gasteiger partial charge in [0.2, 0.25) is 5.91 Å². The molecular formula is C21H34N4O3. The smallest absolute Gasteiger partial charge is 0.227 e. The molecule has 0 aromatic carbocycles. The van der Waals surface area contributed by atoms with Gasteiger partial charge in [-0.15, -0.1) is 0 Å². The third-order valence-corrected chi connectivity index (χ3v) is 6.09. The second-order valence-corrected chi connectivity index (χ2v) is 7.86.